The van der Waals surface area contributed by atoms with Gasteiger partial charge in [-0.25, -0.2) is 4.98 Å². The molecule has 0 radical (unpaired) electrons. The summed E-state index contributed by atoms with van der Waals surface area (Å²) in [6.07, 6.45) is 3.84. The molecule has 0 spiro atoms. The summed E-state index contributed by atoms with van der Waals surface area (Å²) in [5, 5.41) is 5.00. The maximum atomic E-state index is 5.49. The molecular weight excluding hydrogens is 665 g/mol. The lowest BCUT2D eigenvalue weighted by atomic mass is 9.88. The van der Waals surface area contributed by atoms with Crippen LogP contribution in [0.2, 0.25) is 0 Å². The third-order valence-corrected chi connectivity index (χ3v) is 12.0. The molecule has 10 rings (SSSR count). The van der Waals surface area contributed by atoms with Crippen molar-refractivity contribution in [3.63, 3.8) is 0 Å². The number of nitrogens with zero attached hydrogens (tertiary/aromatic N) is 4. The van der Waals surface area contributed by atoms with Crippen LogP contribution in [0.15, 0.2) is 146 Å². The molecule has 4 heterocycles. The summed E-state index contributed by atoms with van der Waals surface area (Å²) in [6, 6.07) is 48.6. The van der Waals surface area contributed by atoms with Crippen LogP contribution in [0.5, 0.6) is 0 Å². The standard InChI is InChI=1S/C48H38N4S/c1-29(2)37-26-32(31-14-6-5-7-15-31)27-38(30(3)4)46(37)52-43-28-49-25-24-39(43)50-48(52)36-22-23-42(47-45(36)35-18-10-13-21-44(35)53-47)51-40-19-11-8-16-33(40)34-17-9-12-20-41(34)51/h5-30H,1-4H3. The first-order chi connectivity index (χ1) is 26.0. The van der Waals surface area contributed by atoms with Crippen molar-refractivity contribution in [2.75, 3.05) is 0 Å². The molecule has 5 heteroatoms. The molecule has 0 aliphatic carbocycles. The summed E-state index contributed by atoms with van der Waals surface area (Å²) < 4.78 is 7.39. The second-order valence-corrected chi connectivity index (χ2v) is 15.7. The van der Waals surface area contributed by atoms with Crippen molar-refractivity contribution in [2.24, 2.45) is 0 Å². The number of hydrogen-bond donors (Lipinski definition) is 0. The zero-order chi connectivity index (χ0) is 35.8. The van der Waals surface area contributed by atoms with E-state index in [-0.39, 0.29) is 11.8 Å². The van der Waals surface area contributed by atoms with Crippen LogP contribution in [0.1, 0.15) is 50.7 Å². The molecule has 0 fully saturated rings. The average molecular weight is 703 g/mol. The minimum absolute atomic E-state index is 0.271. The van der Waals surface area contributed by atoms with E-state index in [4.69, 9.17) is 4.98 Å². The third-order valence-electron chi connectivity index (χ3n) is 10.8. The van der Waals surface area contributed by atoms with Crippen LogP contribution in [0.3, 0.4) is 0 Å². The van der Waals surface area contributed by atoms with Crippen LogP contribution in [-0.4, -0.2) is 19.1 Å². The van der Waals surface area contributed by atoms with E-state index in [9.17, 15) is 0 Å². The van der Waals surface area contributed by atoms with Crippen LogP contribution in [0.4, 0.5) is 0 Å². The van der Waals surface area contributed by atoms with Gasteiger partial charge < -0.3 is 4.57 Å². The molecule has 0 N–H and O–H groups in total. The van der Waals surface area contributed by atoms with Gasteiger partial charge in [-0.2, -0.15) is 0 Å². The first-order valence-corrected chi connectivity index (χ1v) is 19.3. The fourth-order valence-corrected chi connectivity index (χ4v) is 9.54. The van der Waals surface area contributed by atoms with E-state index in [2.05, 4.69) is 169 Å². The maximum Gasteiger partial charge on any atom is 0.146 e. The van der Waals surface area contributed by atoms with Gasteiger partial charge in [-0.1, -0.05) is 113 Å². The second-order valence-electron chi connectivity index (χ2n) is 14.6. The van der Waals surface area contributed by atoms with E-state index < -0.39 is 0 Å². The Labute approximate surface area is 312 Å². The molecule has 53 heavy (non-hydrogen) atoms. The normalized spacial score (nSPS) is 12.1. The highest BCUT2D eigenvalue weighted by Crippen LogP contribution is 2.47. The van der Waals surface area contributed by atoms with E-state index in [1.54, 1.807) is 0 Å². The van der Waals surface area contributed by atoms with Gasteiger partial charge in [0, 0.05) is 38.0 Å². The molecule has 0 aliphatic rings. The number of imidazole rings is 1. The molecule has 4 nitrogen and oxygen atoms in total. The van der Waals surface area contributed by atoms with Crippen molar-refractivity contribution in [3.8, 4) is 33.9 Å². The van der Waals surface area contributed by atoms with Crippen molar-refractivity contribution in [1.29, 1.82) is 0 Å². The third kappa shape index (κ3) is 4.88. The van der Waals surface area contributed by atoms with E-state index >= 15 is 0 Å². The Balaban J connectivity index is 1.32. The van der Waals surface area contributed by atoms with Gasteiger partial charge in [-0.05, 0) is 82.6 Å². The summed E-state index contributed by atoms with van der Waals surface area (Å²) in [7, 11) is 0. The maximum absolute atomic E-state index is 5.49. The number of para-hydroxylation sites is 2. The average Bonchev–Trinajstić information content (AvgIpc) is 3.88. The summed E-state index contributed by atoms with van der Waals surface area (Å²) in [5.74, 6) is 1.48. The van der Waals surface area contributed by atoms with Gasteiger partial charge in [-0.15, -0.1) is 11.3 Å². The summed E-state index contributed by atoms with van der Waals surface area (Å²) in [6.45, 7) is 9.22. The molecule has 0 bridgehead atoms. The highest BCUT2D eigenvalue weighted by atomic mass is 32.1. The van der Waals surface area contributed by atoms with Crippen LogP contribution >= 0.6 is 11.3 Å². The topological polar surface area (TPSA) is 35.6 Å². The number of benzene rings is 6. The summed E-state index contributed by atoms with van der Waals surface area (Å²) in [4.78, 5) is 10.2. The lowest BCUT2D eigenvalue weighted by Gasteiger charge is -2.24. The second kappa shape index (κ2) is 12.3. The quantitative estimate of drug-likeness (QED) is 0.173. The minimum Gasteiger partial charge on any atom is -0.308 e. The van der Waals surface area contributed by atoms with Crippen molar-refractivity contribution in [2.45, 2.75) is 39.5 Å². The van der Waals surface area contributed by atoms with Gasteiger partial charge in [0.05, 0.1) is 44.3 Å². The molecule has 0 amide bonds. The van der Waals surface area contributed by atoms with Crippen molar-refractivity contribution in [1.82, 2.24) is 19.1 Å². The van der Waals surface area contributed by atoms with E-state index in [1.807, 2.05) is 29.8 Å². The monoisotopic (exact) mass is 702 g/mol. The Morgan fingerprint density at radius 3 is 1.87 bits per heavy atom. The van der Waals surface area contributed by atoms with E-state index in [1.165, 1.54) is 75.6 Å². The first-order valence-electron chi connectivity index (χ1n) is 18.5. The number of thiophene rings is 1. The number of pyridine rings is 1. The number of fused-ring (bicyclic) bond motifs is 7. The van der Waals surface area contributed by atoms with Crippen molar-refractivity contribution < 1.29 is 0 Å². The van der Waals surface area contributed by atoms with Gasteiger partial charge in [0.15, 0.2) is 0 Å². The molecule has 10 aromatic rings. The van der Waals surface area contributed by atoms with Gasteiger partial charge in [-0.3, -0.25) is 9.55 Å². The minimum atomic E-state index is 0.271. The predicted molar refractivity (Wildman–Crippen MR) is 225 cm³/mol. The van der Waals surface area contributed by atoms with Gasteiger partial charge in [0.1, 0.15) is 5.82 Å². The van der Waals surface area contributed by atoms with Gasteiger partial charge in [0.25, 0.3) is 0 Å². The smallest absolute Gasteiger partial charge is 0.146 e. The largest absolute Gasteiger partial charge is 0.308 e. The van der Waals surface area contributed by atoms with E-state index in [0.717, 1.165) is 22.4 Å². The Morgan fingerprint density at radius 1 is 0.566 bits per heavy atom. The van der Waals surface area contributed by atoms with Gasteiger partial charge in [0.2, 0.25) is 0 Å². The molecule has 256 valence electrons. The number of aromatic nitrogens is 4. The summed E-state index contributed by atoms with van der Waals surface area (Å²) >= 11 is 1.87. The van der Waals surface area contributed by atoms with Crippen LogP contribution in [0, 0.1) is 0 Å². The lowest BCUT2D eigenvalue weighted by molar-refractivity contribution is 0.811. The Bertz CT molecular complexity index is 2930. The Morgan fingerprint density at radius 2 is 1.19 bits per heavy atom. The van der Waals surface area contributed by atoms with Crippen molar-refractivity contribution in [3.05, 3.63) is 157 Å². The van der Waals surface area contributed by atoms with Crippen LogP contribution in [0.25, 0.3) is 86.9 Å². The molecule has 6 aromatic carbocycles. The molecule has 0 saturated heterocycles. The number of rotatable bonds is 6. The Hall–Kier alpha value is -6.04. The highest BCUT2D eigenvalue weighted by Gasteiger charge is 2.26. The predicted octanol–water partition coefficient (Wildman–Crippen LogP) is 13.5. The molecule has 4 aromatic heterocycles. The molecule has 0 unspecified atom stereocenters. The molecule has 0 aliphatic heterocycles. The molecule has 0 saturated carbocycles. The lowest BCUT2D eigenvalue weighted by Crippen LogP contribution is -2.09. The first kappa shape index (κ1) is 31.7. The molecular formula is C48H38N4S. The fraction of sp³-hybridized carbons (Fsp3) is 0.125. The number of hydrogen-bond acceptors (Lipinski definition) is 3. The fourth-order valence-electron chi connectivity index (χ4n) is 8.31. The summed E-state index contributed by atoms with van der Waals surface area (Å²) in [5.41, 5.74) is 12.9. The van der Waals surface area contributed by atoms with Gasteiger partial charge >= 0.3 is 0 Å². The molecule has 0 atom stereocenters. The highest BCUT2D eigenvalue weighted by molar-refractivity contribution is 7.26. The van der Waals surface area contributed by atoms with E-state index in [0.29, 0.717) is 0 Å². The zero-order valence-electron chi connectivity index (χ0n) is 30.2. The SMILES string of the molecule is CC(C)c1cc(-c2ccccc2)cc(C(C)C)c1-n1c(-c2ccc(-n3c4ccccc4c4ccccc43)c3sc4ccccc4c23)nc2ccncc21. The van der Waals surface area contributed by atoms with Crippen LogP contribution in [-0.2, 0) is 0 Å². The van der Waals surface area contributed by atoms with Crippen LogP contribution < -0.4 is 0 Å². The van der Waals surface area contributed by atoms with Crippen molar-refractivity contribution >= 4 is 64.3 Å². The zero-order valence-corrected chi connectivity index (χ0v) is 31.0. The Kier molecular flexibility index (Phi) is 7.34.